The van der Waals surface area contributed by atoms with Crippen LogP contribution in [0.5, 0.6) is 11.5 Å². The van der Waals surface area contributed by atoms with Crippen LogP contribution in [0.15, 0.2) is 42.5 Å². The van der Waals surface area contributed by atoms with Gasteiger partial charge in [0.05, 0.1) is 12.7 Å². The molecule has 0 atom stereocenters. The van der Waals surface area contributed by atoms with Crippen LogP contribution in [0.1, 0.15) is 36.0 Å². The maximum atomic E-state index is 13.8. The van der Waals surface area contributed by atoms with Crippen molar-refractivity contribution in [1.82, 2.24) is 5.32 Å². The molecular weight excluding hydrogens is 551 g/mol. The molecule has 208 valence electrons. The number of benzene rings is 3. The molecule has 1 saturated carbocycles. The third-order valence-corrected chi connectivity index (χ3v) is 6.80. The second kappa shape index (κ2) is 14.1. The highest BCUT2D eigenvalue weighted by Gasteiger charge is 2.27. The van der Waals surface area contributed by atoms with Crippen molar-refractivity contribution in [3.05, 3.63) is 80.8 Å². The van der Waals surface area contributed by atoms with E-state index in [2.05, 4.69) is 0 Å². The Hall–Kier alpha value is -3.36. The summed E-state index contributed by atoms with van der Waals surface area (Å²) in [7, 11) is 0. The number of hydrogen-bond donors (Lipinski definition) is 2. The Balaban J connectivity index is 0.000000217. The highest BCUT2D eigenvalue weighted by Crippen LogP contribution is 2.43. The molecule has 3 aromatic carbocycles. The zero-order valence-corrected chi connectivity index (χ0v) is 23.0. The van der Waals surface area contributed by atoms with Crippen LogP contribution in [0.3, 0.4) is 0 Å². The van der Waals surface area contributed by atoms with Gasteiger partial charge in [0.15, 0.2) is 11.6 Å². The molecule has 1 amide bonds. The molecule has 0 saturated heterocycles. The van der Waals surface area contributed by atoms with Crippen LogP contribution < -0.4 is 14.8 Å². The van der Waals surface area contributed by atoms with Gasteiger partial charge in [0.1, 0.15) is 18.0 Å². The number of ether oxygens (including phenoxy) is 2. The lowest BCUT2D eigenvalue weighted by Gasteiger charge is -2.23. The van der Waals surface area contributed by atoms with Crippen molar-refractivity contribution in [2.45, 2.75) is 45.6 Å². The SMILES string of the molecule is Cc1c(Cl)cccc1Cl.Cc1ccc(-c2cc(F)c(F)cc2OC2CC2)c2c1CCCO2.O=CNCC(=O)O. The van der Waals surface area contributed by atoms with Crippen molar-refractivity contribution in [3.63, 3.8) is 0 Å². The van der Waals surface area contributed by atoms with Crippen LogP contribution in [-0.4, -0.2) is 36.7 Å². The van der Waals surface area contributed by atoms with Crippen molar-refractivity contribution in [1.29, 1.82) is 0 Å². The molecule has 1 heterocycles. The molecule has 1 fully saturated rings. The first-order valence-corrected chi connectivity index (χ1v) is 13.1. The van der Waals surface area contributed by atoms with E-state index in [1.165, 1.54) is 6.07 Å². The predicted octanol–water partition coefficient (Wildman–Crippen LogP) is 6.93. The van der Waals surface area contributed by atoms with Gasteiger partial charge in [0.2, 0.25) is 6.41 Å². The van der Waals surface area contributed by atoms with E-state index in [9.17, 15) is 18.4 Å². The lowest BCUT2D eigenvalue weighted by Crippen LogP contribution is -2.20. The fraction of sp³-hybridized carbons (Fsp3) is 0.310. The molecule has 6 nitrogen and oxygen atoms in total. The summed E-state index contributed by atoms with van der Waals surface area (Å²) in [5.41, 5.74) is 4.60. The van der Waals surface area contributed by atoms with Crippen LogP contribution >= 0.6 is 23.2 Å². The number of rotatable bonds is 6. The summed E-state index contributed by atoms with van der Waals surface area (Å²) in [6, 6.07) is 11.8. The molecule has 2 N–H and O–H groups in total. The topological polar surface area (TPSA) is 84.9 Å². The van der Waals surface area contributed by atoms with Gasteiger partial charge in [-0.2, -0.15) is 0 Å². The number of nitrogens with one attached hydrogen (secondary N) is 1. The minimum atomic E-state index is -1.04. The van der Waals surface area contributed by atoms with Gasteiger partial charge in [0.25, 0.3) is 0 Å². The number of halogens is 4. The molecule has 0 radical (unpaired) electrons. The fourth-order valence-corrected chi connectivity index (χ4v) is 4.15. The van der Waals surface area contributed by atoms with E-state index >= 15 is 0 Å². The molecule has 0 aromatic heterocycles. The van der Waals surface area contributed by atoms with E-state index in [1.54, 1.807) is 0 Å². The first-order chi connectivity index (χ1) is 18.6. The predicted molar refractivity (Wildman–Crippen MR) is 147 cm³/mol. The number of fused-ring (bicyclic) bond motifs is 1. The average Bonchev–Trinajstić information content (AvgIpc) is 3.73. The maximum absolute atomic E-state index is 13.8. The summed E-state index contributed by atoms with van der Waals surface area (Å²) in [5, 5.41) is 11.2. The number of amides is 1. The van der Waals surface area contributed by atoms with Crippen molar-refractivity contribution < 1.29 is 33.0 Å². The zero-order valence-electron chi connectivity index (χ0n) is 21.5. The average molecular weight is 580 g/mol. The Kier molecular flexibility index (Phi) is 10.9. The second-order valence-electron chi connectivity index (χ2n) is 9.01. The van der Waals surface area contributed by atoms with Gasteiger partial charge in [-0.05, 0) is 74.4 Å². The van der Waals surface area contributed by atoms with E-state index in [4.69, 9.17) is 37.8 Å². The molecule has 1 aliphatic carbocycles. The third kappa shape index (κ3) is 8.57. The van der Waals surface area contributed by atoms with Crippen molar-refractivity contribution in [2.24, 2.45) is 0 Å². The minimum absolute atomic E-state index is 0.112. The van der Waals surface area contributed by atoms with Crippen molar-refractivity contribution in [3.8, 4) is 22.6 Å². The number of carbonyl (C=O) groups is 2. The van der Waals surface area contributed by atoms with Crippen LogP contribution in [0.2, 0.25) is 10.0 Å². The van der Waals surface area contributed by atoms with E-state index < -0.39 is 17.6 Å². The van der Waals surface area contributed by atoms with Gasteiger partial charge in [-0.3, -0.25) is 9.59 Å². The third-order valence-electron chi connectivity index (χ3n) is 5.98. The maximum Gasteiger partial charge on any atom is 0.322 e. The Morgan fingerprint density at radius 2 is 1.77 bits per heavy atom. The molecule has 10 heteroatoms. The largest absolute Gasteiger partial charge is 0.493 e. The molecular formula is C29H29Cl2F2NO5. The normalized spacial score (nSPS) is 13.4. The second-order valence-corrected chi connectivity index (χ2v) is 9.82. The summed E-state index contributed by atoms with van der Waals surface area (Å²) in [6.45, 7) is 4.28. The highest BCUT2D eigenvalue weighted by atomic mass is 35.5. The van der Waals surface area contributed by atoms with Gasteiger partial charge in [-0.15, -0.1) is 0 Å². The number of carbonyl (C=O) groups excluding carboxylic acids is 1. The molecule has 0 bridgehead atoms. The zero-order chi connectivity index (χ0) is 28.5. The monoisotopic (exact) mass is 579 g/mol. The Morgan fingerprint density at radius 1 is 1.10 bits per heavy atom. The Bertz CT molecular complexity index is 1310. The van der Waals surface area contributed by atoms with E-state index in [1.807, 2.05) is 49.5 Å². The van der Waals surface area contributed by atoms with Gasteiger partial charge >= 0.3 is 5.97 Å². The van der Waals surface area contributed by atoms with Crippen LogP contribution in [0.4, 0.5) is 8.78 Å². The first kappa shape index (κ1) is 30.2. The smallest absolute Gasteiger partial charge is 0.322 e. The van der Waals surface area contributed by atoms with E-state index in [-0.39, 0.29) is 12.6 Å². The number of hydrogen-bond acceptors (Lipinski definition) is 4. The van der Waals surface area contributed by atoms with Crippen LogP contribution in [0.25, 0.3) is 11.1 Å². The summed E-state index contributed by atoms with van der Waals surface area (Å²) in [5.74, 6) is -1.61. The molecule has 39 heavy (non-hydrogen) atoms. The fourth-order valence-electron chi connectivity index (χ4n) is 3.75. The molecule has 0 spiro atoms. The minimum Gasteiger partial charge on any atom is -0.493 e. The molecule has 5 rings (SSSR count). The van der Waals surface area contributed by atoms with E-state index in [0.29, 0.717) is 24.3 Å². The Morgan fingerprint density at radius 3 is 2.33 bits per heavy atom. The van der Waals surface area contributed by atoms with Crippen LogP contribution in [0, 0.1) is 25.5 Å². The highest BCUT2D eigenvalue weighted by molar-refractivity contribution is 6.35. The van der Waals surface area contributed by atoms with Gasteiger partial charge in [0, 0.05) is 27.2 Å². The first-order valence-electron chi connectivity index (χ1n) is 12.3. The van der Waals surface area contributed by atoms with Crippen molar-refractivity contribution >= 4 is 35.6 Å². The van der Waals surface area contributed by atoms with Gasteiger partial charge in [-0.1, -0.05) is 41.4 Å². The molecule has 3 aromatic rings. The summed E-state index contributed by atoms with van der Waals surface area (Å²) in [4.78, 5) is 18.9. The van der Waals surface area contributed by atoms with Crippen LogP contribution in [-0.2, 0) is 16.0 Å². The van der Waals surface area contributed by atoms with Gasteiger partial charge < -0.3 is 19.9 Å². The summed E-state index contributed by atoms with van der Waals surface area (Å²) >= 11 is 11.5. The number of aliphatic carboxylic acids is 1. The molecule has 0 unspecified atom stereocenters. The lowest BCUT2D eigenvalue weighted by atomic mass is 9.93. The molecule has 2 aliphatic rings. The number of aryl methyl sites for hydroxylation is 1. The quantitative estimate of drug-likeness (QED) is 0.309. The molecule has 1 aliphatic heterocycles. The lowest BCUT2D eigenvalue weighted by molar-refractivity contribution is -0.136. The van der Waals surface area contributed by atoms with Gasteiger partial charge in [-0.25, -0.2) is 8.78 Å². The van der Waals surface area contributed by atoms with Crippen molar-refractivity contribution in [2.75, 3.05) is 13.2 Å². The number of carboxylic acid groups (broad SMARTS) is 1. The van der Waals surface area contributed by atoms with E-state index in [0.717, 1.165) is 69.8 Å². The summed E-state index contributed by atoms with van der Waals surface area (Å²) in [6.07, 6.45) is 4.29. The Labute approximate surface area is 235 Å². The standard InChI is InChI=1S/C19H18F2O2.C7H6Cl2.C3H5NO3/c1-11-4-7-14(19-13(11)3-2-8-22-19)15-9-16(20)17(21)10-18(15)23-12-5-6-12;1-5-6(8)3-2-4-7(5)9;5-2-4-1-3(6)7/h4,7,9-10,12H,2-3,5-6,8H2,1H3;2-4H,1H3;2H,1H2,(H,4,5)(H,6,7). The summed E-state index contributed by atoms with van der Waals surface area (Å²) < 4.78 is 39.2. The number of carboxylic acids is 1.